The Morgan fingerprint density at radius 2 is 1.26 bits per heavy atom. The maximum absolute atomic E-state index is 5.75. The highest BCUT2D eigenvalue weighted by Gasteiger charge is 2.11. The number of rotatable bonds is 3. The number of azo groups is 1. The molecule has 0 amide bonds. The number of benzene rings is 2. The molecule has 2 aromatic carbocycles. The molecule has 0 aliphatic heterocycles. The number of hydrogen-bond donors (Lipinski definition) is 0. The Bertz CT molecular complexity index is 539. The van der Waals surface area contributed by atoms with E-state index in [9.17, 15) is 0 Å². The smallest absolute Gasteiger partial charge is 0.120 e. The van der Waals surface area contributed by atoms with Crippen molar-refractivity contribution in [2.75, 3.05) is 0 Å². The van der Waals surface area contributed by atoms with Crippen LogP contribution < -0.4 is 4.74 Å². The van der Waals surface area contributed by atoms with Crippen LogP contribution in [0.4, 0.5) is 11.4 Å². The van der Waals surface area contributed by atoms with E-state index >= 15 is 0 Å². The van der Waals surface area contributed by atoms with E-state index in [-0.39, 0.29) is 5.60 Å². The third kappa shape index (κ3) is 4.54. The van der Waals surface area contributed by atoms with Crippen molar-refractivity contribution in [3.05, 3.63) is 54.6 Å². The molecule has 0 unspecified atom stereocenters. The van der Waals surface area contributed by atoms with Crippen LogP contribution in [-0.4, -0.2) is 5.60 Å². The van der Waals surface area contributed by atoms with E-state index in [1.54, 1.807) is 0 Å². The van der Waals surface area contributed by atoms with Crippen molar-refractivity contribution in [2.24, 2.45) is 10.2 Å². The van der Waals surface area contributed by atoms with E-state index in [1.165, 1.54) is 0 Å². The summed E-state index contributed by atoms with van der Waals surface area (Å²) in [5.74, 6) is 0.839. The molecule has 0 N–H and O–H groups in total. The largest absolute Gasteiger partial charge is 0.488 e. The van der Waals surface area contributed by atoms with Crippen molar-refractivity contribution >= 4 is 11.4 Å². The van der Waals surface area contributed by atoms with Gasteiger partial charge in [0, 0.05) is 0 Å². The zero-order chi connectivity index (χ0) is 13.7. The highest BCUT2D eigenvalue weighted by Crippen LogP contribution is 2.23. The fraction of sp³-hybridized carbons (Fsp3) is 0.250. The van der Waals surface area contributed by atoms with E-state index in [2.05, 4.69) is 10.2 Å². The van der Waals surface area contributed by atoms with Crippen molar-refractivity contribution in [2.45, 2.75) is 26.4 Å². The standard InChI is InChI=1S/C16H18N2O/c1-16(2,3)19-15-11-9-14(10-12-15)18-17-13-7-5-4-6-8-13/h4-12H,1-3H3. The molecular weight excluding hydrogens is 236 g/mol. The molecule has 2 rings (SSSR count). The highest BCUT2D eigenvalue weighted by molar-refractivity contribution is 5.42. The second-order valence-electron chi connectivity index (χ2n) is 5.24. The summed E-state index contributed by atoms with van der Waals surface area (Å²) >= 11 is 0. The van der Waals surface area contributed by atoms with Gasteiger partial charge < -0.3 is 4.74 Å². The van der Waals surface area contributed by atoms with E-state index < -0.39 is 0 Å². The van der Waals surface area contributed by atoms with E-state index in [0.717, 1.165) is 17.1 Å². The van der Waals surface area contributed by atoms with Gasteiger partial charge in [-0.1, -0.05) is 18.2 Å². The molecule has 0 fully saturated rings. The maximum Gasteiger partial charge on any atom is 0.120 e. The molecule has 0 aromatic heterocycles. The molecule has 0 bridgehead atoms. The minimum Gasteiger partial charge on any atom is -0.488 e. The fourth-order valence-electron chi connectivity index (χ4n) is 1.54. The van der Waals surface area contributed by atoms with Crippen molar-refractivity contribution in [3.63, 3.8) is 0 Å². The Morgan fingerprint density at radius 3 is 1.79 bits per heavy atom. The quantitative estimate of drug-likeness (QED) is 0.686. The van der Waals surface area contributed by atoms with Gasteiger partial charge in [0.2, 0.25) is 0 Å². The summed E-state index contributed by atoms with van der Waals surface area (Å²) in [5.41, 5.74) is 1.47. The van der Waals surface area contributed by atoms with Gasteiger partial charge in [-0.3, -0.25) is 0 Å². The van der Waals surface area contributed by atoms with Crippen molar-refractivity contribution in [3.8, 4) is 5.75 Å². The Labute approximate surface area is 114 Å². The van der Waals surface area contributed by atoms with Crippen molar-refractivity contribution < 1.29 is 4.74 Å². The molecule has 2 aromatic rings. The summed E-state index contributed by atoms with van der Waals surface area (Å²) in [7, 11) is 0. The number of nitrogens with zero attached hydrogens (tertiary/aromatic N) is 2. The molecule has 0 spiro atoms. The van der Waals surface area contributed by atoms with E-state index in [1.807, 2.05) is 75.4 Å². The van der Waals surface area contributed by atoms with Gasteiger partial charge in [-0.25, -0.2) is 0 Å². The Hall–Kier alpha value is -2.16. The molecule has 19 heavy (non-hydrogen) atoms. The third-order valence-corrected chi connectivity index (χ3v) is 2.30. The Balaban J connectivity index is 2.05. The van der Waals surface area contributed by atoms with Gasteiger partial charge in [0.05, 0.1) is 11.4 Å². The zero-order valence-corrected chi connectivity index (χ0v) is 11.5. The fourth-order valence-corrected chi connectivity index (χ4v) is 1.54. The van der Waals surface area contributed by atoms with Gasteiger partial charge in [-0.05, 0) is 57.2 Å². The van der Waals surface area contributed by atoms with Gasteiger partial charge >= 0.3 is 0 Å². The van der Waals surface area contributed by atoms with Crippen LogP contribution >= 0.6 is 0 Å². The molecule has 0 aliphatic rings. The SMILES string of the molecule is CC(C)(C)Oc1ccc(N=Nc2ccccc2)cc1. The van der Waals surface area contributed by atoms with Gasteiger partial charge in [0.1, 0.15) is 11.4 Å². The molecule has 0 saturated heterocycles. The second kappa shape index (κ2) is 5.65. The molecule has 0 aliphatic carbocycles. The lowest BCUT2D eigenvalue weighted by Crippen LogP contribution is -2.22. The van der Waals surface area contributed by atoms with Crippen molar-refractivity contribution in [1.29, 1.82) is 0 Å². The number of hydrogen-bond acceptors (Lipinski definition) is 3. The van der Waals surface area contributed by atoms with Crippen molar-refractivity contribution in [1.82, 2.24) is 0 Å². The van der Waals surface area contributed by atoms with E-state index in [0.29, 0.717) is 0 Å². The Kier molecular flexibility index (Phi) is 3.95. The van der Waals surface area contributed by atoms with Crippen LogP contribution in [0.1, 0.15) is 20.8 Å². The molecule has 0 radical (unpaired) electrons. The molecular formula is C16H18N2O. The lowest BCUT2D eigenvalue weighted by atomic mass is 10.2. The first kappa shape index (κ1) is 13.3. The summed E-state index contributed by atoms with van der Waals surface area (Å²) in [4.78, 5) is 0. The number of ether oxygens (including phenoxy) is 1. The van der Waals surface area contributed by atoms with Gasteiger partial charge in [0.15, 0.2) is 0 Å². The van der Waals surface area contributed by atoms with Crippen LogP contribution in [0, 0.1) is 0 Å². The van der Waals surface area contributed by atoms with Gasteiger partial charge in [-0.2, -0.15) is 10.2 Å². The lowest BCUT2D eigenvalue weighted by molar-refractivity contribution is 0.131. The van der Waals surface area contributed by atoms with Crippen LogP contribution in [0.25, 0.3) is 0 Å². The summed E-state index contributed by atoms with van der Waals surface area (Å²) in [6, 6.07) is 17.3. The first-order chi connectivity index (χ1) is 9.03. The predicted molar refractivity (Wildman–Crippen MR) is 77.4 cm³/mol. The minimum atomic E-state index is -0.187. The van der Waals surface area contributed by atoms with Crippen LogP contribution in [0.3, 0.4) is 0 Å². The summed E-state index contributed by atoms with van der Waals surface area (Å²) < 4.78 is 5.75. The molecule has 98 valence electrons. The first-order valence-electron chi connectivity index (χ1n) is 6.29. The van der Waals surface area contributed by atoms with Crippen LogP contribution in [0.2, 0.25) is 0 Å². The zero-order valence-electron chi connectivity index (χ0n) is 11.5. The van der Waals surface area contributed by atoms with E-state index in [4.69, 9.17) is 4.74 Å². The minimum absolute atomic E-state index is 0.187. The Morgan fingerprint density at radius 1 is 0.737 bits per heavy atom. The monoisotopic (exact) mass is 254 g/mol. The first-order valence-corrected chi connectivity index (χ1v) is 6.29. The molecule has 0 atom stereocenters. The summed E-state index contributed by atoms with van der Waals surface area (Å²) in [6.45, 7) is 6.07. The lowest BCUT2D eigenvalue weighted by Gasteiger charge is -2.21. The third-order valence-electron chi connectivity index (χ3n) is 2.30. The average molecular weight is 254 g/mol. The van der Waals surface area contributed by atoms with Gasteiger partial charge in [-0.15, -0.1) is 0 Å². The molecule has 0 heterocycles. The second-order valence-corrected chi connectivity index (χ2v) is 5.24. The topological polar surface area (TPSA) is 34.0 Å². The van der Waals surface area contributed by atoms with Crippen LogP contribution in [0.5, 0.6) is 5.75 Å². The van der Waals surface area contributed by atoms with Crippen LogP contribution in [-0.2, 0) is 0 Å². The molecule has 0 saturated carbocycles. The summed E-state index contributed by atoms with van der Waals surface area (Å²) in [6.07, 6.45) is 0. The highest BCUT2D eigenvalue weighted by atomic mass is 16.5. The molecule has 3 heteroatoms. The maximum atomic E-state index is 5.75. The predicted octanol–water partition coefficient (Wildman–Crippen LogP) is 5.28. The molecule has 3 nitrogen and oxygen atoms in total. The van der Waals surface area contributed by atoms with Gasteiger partial charge in [0.25, 0.3) is 0 Å². The van der Waals surface area contributed by atoms with Crippen LogP contribution in [0.15, 0.2) is 64.8 Å². The average Bonchev–Trinajstić information content (AvgIpc) is 2.37. The summed E-state index contributed by atoms with van der Waals surface area (Å²) in [5, 5.41) is 8.35. The normalized spacial score (nSPS) is 11.7.